The van der Waals surface area contributed by atoms with Crippen molar-refractivity contribution in [3.8, 4) is 0 Å². The van der Waals surface area contributed by atoms with Gasteiger partial charge in [-0.1, -0.05) is 51.9 Å². The van der Waals surface area contributed by atoms with Crippen LogP contribution in [0.25, 0.3) is 0 Å². The summed E-state index contributed by atoms with van der Waals surface area (Å²) in [5.41, 5.74) is 0. The zero-order valence-electron chi connectivity index (χ0n) is 11.2. The summed E-state index contributed by atoms with van der Waals surface area (Å²) in [5, 5.41) is 17.3. The Kier molecular flexibility index (Phi) is 11.5. The number of unbranched alkanes of at least 4 members (excludes halogenated alkanes) is 7. The summed E-state index contributed by atoms with van der Waals surface area (Å²) >= 11 is 0. The molecule has 0 aromatic heterocycles. The maximum absolute atomic E-state index is 10.3. The monoisotopic (exact) mass is 244 g/mol. The second-order valence-corrected chi connectivity index (χ2v) is 5.05. The van der Waals surface area contributed by atoms with Crippen LogP contribution < -0.4 is 0 Å². The van der Waals surface area contributed by atoms with Crippen molar-refractivity contribution in [1.82, 2.24) is 0 Å². The molecule has 17 heavy (non-hydrogen) atoms. The molecule has 0 rings (SSSR count). The lowest BCUT2D eigenvalue weighted by Crippen LogP contribution is -1.99. The van der Waals surface area contributed by atoms with Crippen LogP contribution in [0, 0.1) is 5.92 Å². The van der Waals surface area contributed by atoms with Gasteiger partial charge in [-0.2, -0.15) is 0 Å². The Morgan fingerprint density at radius 2 is 1.41 bits per heavy atom. The number of rotatable bonds is 12. The van der Waals surface area contributed by atoms with Crippen LogP contribution in [0.3, 0.4) is 0 Å². The molecule has 0 heterocycles. The van der Waals surface area contributed by atoms with Crippen molar-refractivity contribution in [2.45, 2.75) is 71.1 Å². The fraction of sp³-hybridized carbons (Fsp3) is 0.929. The molecule has 0 bridgehead atoms. The molecule has 3 nitrogen and oxygen atoms in total. The van der Waals surface area contributed by atoms with E-state index in [0.29, 0.717) is 18.9 Å². The van der Waals surface area contributed by atoms with E-state index in [4.69, 9.17) is 10.2 Å². The predicted molar refractivity (Wildman–Crippen MR) is 70.1 cm³/mol. The van der Waals surface area contributed by atoms with Gasteiger partial charge in [0.2, 0.25) is 0 Å². The van der Waals surface area contributed by atoms with Crippen LogP contribution in [0.15, 0.2) is 0 Å². The molecule has 3 heteroatoms. The summed E-state index contributed by atoms with van der Waals surface area (Å²) in [6.45, 7) is 2.39. The quantitative estimate of drug-likeness (QED) is 0.516. The Labute approximate surface area is 105 Å². The molecule has 1 unspecified atom stereocenters. The predicted octanol–water partition coefficient (Wildman–Crippen LogP) is 3.60. The van der Waals surface area contributed by atoms with E-state index in [1.165, 1.54) is 38.5 Å². The average molecular weight is 244 g/mol. The van der Waals surface area contributed by atoms with Gasteiger partial charge in [0.25, 0.3) is 0 Å². The number of hydrogen-bond donors (Lipinski definition) is 2. The van der Waals surface area contributed by atoms with Crippen molar-refractivity contribution >= 4 is 5.97 Å². The fourth-order valence-corrected chi connectivity index (χ4v) is 1.92. The molecule has 0 saturated carbocycles. The van der Waals surface area contributed by atoms with Crippen LogP contribution in [0.4, 0.5) is 0 Å². The maximum Gasteiger partial charge on any atom is 0.303 e. The fourth-order valence-electron chi connectivity index (χ4n) is 1.92. The highest BCUT2D eigenvalue weighted by molar-refractivity contribution is 5.66. The average Bonchev–Trinajstić information content (AvgIpc) is 2.30. The van der Waals surface area contributed by atoms with Crippen LogP contribution in [-0.4, -0.2) is 22.8 Å². The van der Waals surface area contributed by atoms with Crippen LogP contribution in [-0.2, 0) is 4.79 Å². The van der Waals surface area contributed by atoms with Crippen LogP contribution in [0.2, 0.25) is 0 Å². The molecule has 0 aliphatic carbocycles. The van der Waals surface area contributed by atoms with Gasteiger partial charge in [0.15, 0.2) is 0 Å². The number of carboxylic acids is 1. The highest BCUT2D eigenvalue weighted by Crippen LogP contribution is 2.13. The first-order chi connectivity index (χ1) is 8.16. The minimum Gasteiger partial charge on any atom is -0.481 e. The van der Waals surface area contributed by atoms with Crippen LogP contribution in [0.5, 0.6) is 0 Å². The summed E-state index contributed by atoms with van der Waals surface area (Å²) in [6, 6.07) is 0. The molecular weight excluding hydrogens is 216 g/mol. The van der Waals surface area contributed by atoms with Gasteiger partial charge in [0, 0.05) is 13.0 Å². The highest BCUT2D eigenvalue weighted by atomic mass is 16.4. The number of aliphatic carboxylic acids is 1. The molecule has 2 N–H and O–H groups in total. The van der Waals surface area contributed by atoms with E-state index in [0.717, 1.165) is 19.3 Å². The first-order valence-electron chi connectivity index (χ1n) is 6.99. The molecule has 0 saturated heterocycles. The molecular formula is C14H28O3. The largest absolute Gasteiger partial charge is 0.481 e. The topological polar surface area (TPSA) is 57.5 Å². The molecule has 0 aromatic carbocycles. The first kappa shape index (κ1) is 16.4. The van der Waals surface area contributed by atoms with E-state index in [1.54, 1.807) is 0 Å². The van der Waals surface area contributed by atoms with Gasteiger partial charge >= 0.3 is 5.97 Å². The molecule has 0 aliphatic heterocycles. The van der Waals surface area contributed by atoms with Crippen molar-refractivity contribution in [1.29, 1.82) is 0 Å². The molecule has 0 aliphatic rings. The standard InChI is InChI=1S/C14H28O3/c1-13(12-15)10-8-6-4-2-3-5-7-9-11-14(16)17/h13,15H,2-12H2,1H3,(H,16,17). The van der Waals surface area contributed by atoms with Gasteiger partial charge < -0.3 is 10.2 Å². The first-order valence-corrected chi connectivity index (χ1v) is 6.99. The molecule has 0 fully saturated rings. The Morgan fingerprint density at radius 1 is 0.941 bits per heavy atom. The molecule has 0 amide bonds. The second-order valence-electron chi connectivity index (χ2n) is 5.05. The maximum atomic E-state index is 10.3. The van der Waals surface area contributed by atoms with E-state index >= 15 is 0 Å². The van der Waals surface area contributed by atoms with Crippen molar-refractivity contribution in [2.75, 3.05) is 6.61 Å². The minimum absolute atomic E-state index is 0.309. The van der Waals surface area contributed by atoms with Crippen molar-refractivity contribution in [2.24, 2.45) is 5.92 Å². The molecule has 102 valence electrons. The van der Waals surface area contributed by atoms with E-state index < -0.39 is 5.97 Å². The van der Waals surface area contributed by atoms with Crippen LogP contribution >= 0.6 is 0 Å². The normalized spacial score (nSPS) is 12.6. The lowest BCUT2D eigenvalue weighted by atomic mass is 10.0. The van der Waals surface area contributed by atoms with Gasteiger partial charge in [-0.3, -0.25) is 4.79 Å². The number of aliphatic hydroxyl groups excluding tert-OH is 1. The summed E-state index contributed by atoms with van der Waals surface area (Å²) in [4.78, 5) is 10.3. The lowest BCUT2D eigenvalue weighted by Gasteiger charge is -2.06. The summed E-state index contributed by atoms with van der Waals surface area (Å²) < 4.78 is 0. The molecule has 0 radical (unpaired) electrons. The Bertz CT molecular complexity index is 180. The lowest BCUT2D eigenvalue weighted by molar-refractivity contribution is -0.137. The third-order valence-electron chi connectivity index (χ3n) is 3.15. The van der Waals surface area contributed by atoms with E-state index in [9.17, 15) is 4.79 Å². The Morgan fingerprint density at radius 3 is 1.88 bits per heavy atom. The van der Waals surface area contributed by atoms with Gasteiger partial charge in [-0.05, 0) is 18.8 Å². The SMILES string of the molecule is CC(CO)CCCCCCCCCCC(=O)O. The van der Waals surface area contributed by atoms with Gasteiger partial charge in [-0.15, -0.1) is 0 Å². The molecule has 0 aromatic rings. The number of carboxylic acid groups (broad SMARTS) is 1. The van der Waals surface area contributed by atoms with Crippen molar-refractivity contribution in [3.63, 3.8) is 0 Å². The Balaban J connectivity index is 3.01. The smallest absolute Gasteiger partial charge is 0.303 e. The van der Waals surface area contributed by atoms with Crippen molar-refractivity contribution in [3.05, 3.63) is 0 Å². The minimum atomic E-state index is -0.678. The Hall–Kier alpha value is -0.570. The van der Waals surface area contributed by atoms with E-state index in [2.05, 4.69) is 6.92 Å². The van der Waals surface area contributed by atoms with Crippen LogP contribution in [0.1, 0.15) is 71.1 Å². The molecule has 1 atom stereocenters. The zero-order valence-corrected chi connectivity index (χ0v) is 11.2. The summed E-state index contributed by atoms with van der Waals surface area (Å²) in [5.74, 6) is -0.228. The van der Waals surface area contributed by atoms with Gasteiger partial charge in [0.05, 0.1) is 0 Å². The van der Waals surface area contributed by atoms with Gasteiger partial charge in [-0.25, -0.2) is 0 Å². The second kappa shape index (κ2) is 11.9. The van der Waals surface area contributed by atoms with E-state index in [1.807, 2.05) is 0 Å². The highest BCUT2D eigenvalue weighted by Gasteiger charge is 1.99. The number of carbonyl (C=O) groups is 1. The summed E-state index contributed by atoms with van der Waals surface area (Å²) in [7, 11) is 0. The number of aliphatic hydroxyl groups is 1. The van der Waals surface area contributed by atoms with Crippen molar-refractivity contribution < 1.29 is 15.0 Å². The third-order valence-corrected chi connectivity index (χ3v) is 3.15. The molecule has 0 spiro atoms. The summed E-state index contributed by atoms with van der Waals surface area (Å²) in [6.07, 6.45) is 10.7. The zero-order chi connectivity index (χ0) is 12.9. The third kappa shape index (κ3) is 13.4. The van der Waals surface area contributed by atoms with E-state index in [-0.39, 0.29) is 0 Å². The number of hydrogen-bond acceptors (Lipinski definition) is 2. The van der Waals surface area contributed by atoms with Gasteiger partial charge in [0.1, 0.15) is 0 Å².